The topological polar surface area (TPSA) is 49.4 Å². The van der Waals surface area contributed by atoms with E-state index in [1.54, 1.807) is 31.9 Å². The van der Waals surface area contributed by atoms with Crippen molar-refractivity contribution >= 4 is 45.0 Å². The molecule has 0 aliphatic carbocycles. The van der Waals surface area contributed by atoms with Crippen LogP contribution in [0.15, 0.2) is 17.0 Å². The minimum absolute atomic E-state index is 0.0560. The van der Waals surface area contributed by atoms with Gasteiger partial charge in [-0.2, -0.15) is 11.8 Å². The molecule has 0 heterocycles. The third kappa shape index (κ3) is 4.26. The molecule has 0 aliphatic rings. The van der Waals surface area contributed by atoms with Gasteiger partial charge in [-0.1, -0.05) is 23.2 Å². The summed E-state index contributed by atoms with van der Waals surface area (Å²) in [6.07, 6.45) is 1.93. The zero-order chi connectivity index (χ0) is 15.3. The highest BCUT2D eigenvalue weighted by Gasteiger charge is 2.25. The van der Waals surface area contributed by atoms with Crippen molar-refractivity contribution in [1.82, 2.24) is 9.62 Å². The first kappa shape index (κ1) is 18.1. The number of nitrogens with one attached hydrogen (secondary N) is 1. The van der Waals surface area contributed by atoms with Gasteiger partial charge in [-0.25, -0.2) is 12.7 Å². The zero-order valence-corrected chi connectivity index (χ0v) is 14.8. The van der Waals surface area contributed by atoms with Gasteiger partial charge in [-0.3, -0.25) is 0 Å². The Hall–Kier alpha value is 0.0200. The third-order valence-corrected chi connectivity index (χ3v) is 5.99. The van der Waals surface area contributed by atoms with Crippen molar-refractivity contribution in [3.63, 3.8) is 0 Å². The summed E-state index contributed by atoms with van der Waals surface area (Å²) in [6, 6.07) is 3.06. The van der Waals surface area contributed by atoms with Crippen molar-refractivity contribution in [2.45, 2.75) is 11.4 Å². The molecule has 114 valence electrons. The summed E-state index contributed by atoms with van der Waals surface area (Å²) in [5.74, 6) is 0.720. The Bertz CT molecular complexity index is 565. The van der Waals surface area contributed by atoms with E-state index in [9.17, 15) is 8.42 Å². The van der Waals surface area contributed by atoms with Gasteiger partial charge >= 0.3 is 0 Å². The average molecular weight is 357 g/mol. The monoisotopic (exact) mass is 356 g/mol. The highest BCUT2D eigenvalue weighted by molar-refractivity contribution is 7.98. The standard InChI is InChI=1S/C12H18Cl2N2O2S2/c1-15-8-9-6-10(13)7-11(12(9)14)20(17,18)16(2)4-5-19-3/h6-7,15H,4-5,8H2,1-3H3. The van der Waals surface area contributed by atoms with E-state index in [4.69, 9.17) is 23.2 Å². The Kier molecular flexibility index (Phi) is 7.11. The Balaban J connectivity index is 3.24. The van der Waals surface area contributed by atoms with Crippen LogP contribution in [-0.4, -0.2) is 45.4 Å². The number of hydrogen-bond acceptors (Lipinski definition) is 4. The van der Waals surface area contributed by atoms with E-state index in [1.165, 1.54) is 10.4 Å². The van der Waals surface area contributed by atoms with Gasteiger partial charge < -0.3 is 5.32 Å². The molecular formula is C12H18Cl2N2O2S2. The zero-order valence-electron chi connectivity index (χ0n) is 11.6. The molecule has 0 aromatic heterocycles. The van der Waals surface area contributed by atoms with E-state index in [0.29, 0.717) is 23.7 Å². The van der Waals surface area contributed by atoms with Gasteiger partial charge in [0.1, 0.15) is 4.90 Å². The molecule has 20 heavy (non-hydrogen) atoms. The van der Waals surface area contributed by atoms with Crippen molar-refractivity contribution in [1.29, 1.82) is 0 Å². The highest BCUT2D eigenvalue weighted by atomic mass is 35.5. The van der Waals surface area contributed by atoms with Crippen LogP contribution in [0.2, 0.25) is 10.0 Å². The molecule has 0 unspecified atom stereocenters. The second kappa shape index (κ2) is 7.87. The molecule has 1 N–H and O–H groups in total. The second-order valence-electron chi connectivity index (χ2n) is 4.23. The molecular weight excluding hydrogens is 339 g/mol. The van der Waals surface area contributed by atoms with Crippen molar-refractivity contribution in [3.8, 4) is 0 Å². The number of hydrogen-bond donors (Lipinski definition) is 1. The van der Waals surface area contributed by atoms with Crippen LogP contribution >= 0.6 is 35.0 Å². The van der Waals surface area contributed by atoms with Crippen LogP contribution in [0.5, 0.6) is 0 Å². The molecule has 0 atom stereocenters. The normalized spacial score (nSPS) is 12.1. The number of thioether (sulfide) groups is 1. The minimum atomic E-state index is -3.63. The first-order valence-electron chi connectivity index (χ1n) is 5.92. The lowest BCUT2D eigenvalue weighted by Crippen LogP contribution is -2.29. The minimum Gasteiger partial charge on any atom is -0.316 e. The lowest BCUT2D eigenvalue weighted by atomic mass is 10.2. The maximum atomic E-state index is 12.5. The first-order chi connectivity index (χ1) is 9.34. The van der Waals surface area contributed by atoms with Crippen molar-refractivity contribution < 1.29 is 8.42 Å². The summed E-state index contributed by atoms with van der Waals surface area (Å²) < 4.78 is 26.3. The quantitative estimate of drug-likeness (QED) is 0.815. The molecule has 0 spiro atoms. The summed E-state index contributed by atoms with van der Waals surface area (Å²) in [5.41, 5.74) is 0.665. The largest absolute Gasteiger partial charge is 0.316 e. The summed E-state index contributed by atoms with van der Waals surface area (Å²) >= 11 is 13.8. The van der Waals surface area contributed by atoms with E-state index in [0.717, 1.165) is 5.75 Å². The fraction of sp³-hybridized carbons (Fsp3) is 0.500. The molecule has 0 aliphatic heterocycles. The highest BCUT2D eigenvalue weighted by Crippen LogP contribution is 2.31. The molecule has 8 heteroatoms. The molecule has 0 saturated heterocycles. The molecule has 0 bridgehead atoms. The van der Waals surface area contributed by atoms with Crippen molar-refractivity contribution in [3.05, 3.63) is 27.7 Å². The molecule has 4 nitrogen and oxygen atoms in total. The van der Waals surface area contributed by atoms with Crippen LogP contribution in [0.25, 0.3) is 0 Å². The van der Waals surface area contributed by atoms with Crippen LogP contribution in [0.1, 0.15) is 5.56 Å². The molecule has 0 radical (unpaired) electrons. The van der Waals surface area contributed by atoms with Crippen LogP contribution in [0, 0.1) is 0 Å². The van der Waals surface area contributed by atoms with Gasteiger partial charge in [0.25, 0.3) is 0 Å². The SMILES string of the molecule is CNCc1cc(Cl)cc(S(=O)(=O)N(C)CCSC)c1Cl. The van der Waals surface area contributed by atoms with E-state index in [2.05, 4.69) is 5.32 Å². The Morgan fingerprint density at radius 1 is 1.35 bits per heavy atom. The summed E-state index contributed by atoms with van der Waals surface area (Å²) in [7, 11) is -0.327. The van der Waals surface area contributed by atoms with Gasteiger partial charge in [-0.05, 0) is 31.0 Å². The maximum Gasteiger partial charge on any atom is 0.244 e. The number of sulfonamides is 1. The predicted octanol–water partition coefficient (Wildman–Crippen LogP) is 2.70. The fourth-order valence-electron chi connectivity index (χ4n) is 1.63. The van der Waals surface area contributed by atoms with Crippen LogP contribution in [-0.2, 0) is 16.6 Å². The summed E-state index contributed by atoms with van der Waals surface area (Å²) in [4.78, 5) is 0.0560. The first-order valence-corrected chi connectivity index (χ1v) is 9.51. The second-order valence-corrected chi connectivity index (χ2v) is 8.04. The van der Waals surface area contributed by atoms with Crippen molar-refractivity contribution in [2.24, 2.45) is 0 Å². The van der Waals surface area contributed by atoms with Gasteiger partial charge in [0.15, 0.2) is 0 Å². The van der Waals surface area contributed by atoms with Crippen LogP contribution < -0.4 is 5.32 Å². The molecule has 1 aromatic rings. The Morgan fingerprint density at radius 2 is 2.00 bits per heavy atom. The van der Waals surface area contributed by atoms with E-state index in [1.807, 2.05) is 6.26 Å². The number of benzene rings is 1. The van der Waals surface area contributed by atoms with Gasteiger partial charge in [0.05, 0.1) is 5.02 Å². The predicted molar refractivity (Wildman–Crippen MR) is 87.4 cm³/mol. The summed E-state index contributed by atoms with van der Waals surface area (Å²) in [5, 5.41) is 3.52. The Labute approximate surface area is 134 Å². The van der Waals surface area contributed by atoms with E-state index >= 15 is 0 Å². The lowest BCUT2D eigenvalue weighted by molar-refractivity contribution is 0.488. The molecule has 0 saturated carbocycles. The molecule has 0 amide bonds. The van der Waals surface area contributed by atoms with Gasteiger partial charge in [0.2, 0.25) is 10.0 Å². The lowest BCUT2D eigenvalue weighted by Gasteiger charge is -2.19. The fourth-order valence-corrected chi connectivity index (χ4v) is 4.28. The Morgan fingerprint density at radius 3 is 2.55 bits per heavy atom. The smallest absolute Gasteiger partial charge is 0.244 e. The van der Waals surface area contributed by atoms with E-state index < -0.39 is 10.0 Å². The maximum absolute atomic E-state index is 12.5. The summed E-state index contributed by atoms with van der Waals surface area (Å²) in [6.45, 7) is 0.879. The van der Waals surface area contributed by atoms with Gasteiger partial charge in [0, 0.05) is 30.9 Å². The molecule has 0 fully saturated rings. The van der Waals surface area contributed by atoms with E-state index in [-0.39, 0.29) is 9.92 Å². The third-order valence-electron chi connectivity index (χ3n) is 2.75. The van der Waals surface area contributed by atoms with Crippen molar-refractivity contribution in [2.75, 3.05) is 32.6 Å². The van der Waals surface area contributed by atoms with Gasteiger partial charge in [-0.15, -0.1) is 0 Å². The number of halogens is 2. The van der Waals surface area contributed by atoms with Crippen LogP contribution in [0.3, 0.4) is 0 Å². The van der Waals surface area contributed by atoms with Crippen LogP contribution in [0.4, 0.5) is 0 Å². The number of nitrogens with zero attached hydrogens (tertiary/aromatic N) is 1. The average Bonchev–Trinajstić information content (AvgIpc) is 2.39. The molecule has 1 aromatic carbocycles. The molecule has 1 rings (SSSR count). The number of rotatable bonds is 7.